The lowest BCUT2D eigenvalue weighted by Crippen LogP contribution is -2.42. The maximum absolute atomic E-state index is 13.8. The van der Waals surface area contributed by atoms with E-state index in [2.05, 4.69) is 0 Å². The molecule has 20 heavy (non-hydrogen) atoms. The molecule has 2 rings (SSSR count). The van der Waals surface area contributed by atoms with Crippen LogP contribution in [0, 0.1) is 11.7 Å². The smallest absolute Gasteiger partial charge is 0.257 e. The van der Waals surface area contributed by atoms with Gasteiger partial charge in [-0.15, -0.1) is 0 Å². The van der Waals surface area contributed by atoms with E-state index in [4.69, 9.17) is 16.3 Å². The zero-order chi connectivity index (χ0) is 14.7. The molecule has 1 fully saturated rings. The molecule has 1 saturated carbocycles. The Labute approximate surface area is 123 Å². The number of hydrogen-bond donors (Lipinski definition) is 0. The van der Waals surface area contributed by atoms with E-state index in [1.165, 1.54) is 18.2 Å². The number of carbonyl (C=O) groups is 1. The molecule has 1 amide bonds. The average Bonchev–Trinajstić information content (AvgIpc) is 3.26. The molecule has 3 nitrogen and oxygen atoms in total. The van der Waals surface area contributed by atoms with Gasteiger partial charge in [0.15, 0.2) is 0 Å². The van der Waals surface area contributed by atoms with Crippen LogP contribution in [-0.4, -0.2) is 37.1 Å². The molecule has 5 heteroatoms. The van der Waals surface area contributed by atoms with Crippen molar-refractivity contribution in [3.8, 4) is 0 Å². The topological polar surface area (TPSA) is 29.5 Å². The van der Waals surface area contributed by atoms with Gasteiger partial charge in [0, 0.05) is 24.7 Å². The predicted octanol–water partition coefficient (Wildman–Crippen LogP) is 3.37. The van der Waals surface area contributed by atoms with Crippen molar-refractivity contribution in [2.75, 3.05) is 20.3 Å². The first-order chi connectivity index (χ1) is 9.54. The Kier molecular flexibility index (Phi) is 5.00. The number of carbonyl (C=O) groups excluding carboxylic acids is 1. The lowest BCUT2D eigenvalue weighted by Gasteiger charge is -2.29. The number of hydrogen-bond acceptors (Lipinski definition) is 2. The van der Waals surface area contributed by atoms with Crippen molar-refractivity contribution in [1.82, 2.24) is 4.90 Å². The largest absolute Gasteiger partial charge is 0.383 e. The summed E-state index contributed by atoms with van der Waals surface area (Å²) in [6, 6.07) is 4.15. The van der Waals surface area contributed by atoms with E-state index in [9.17, 15) is 9.18 Å². The van der Waals surface area contributed by atoms with Gasteiger partial charge in [0.2, 0.25) is 0 Å². The fraction of sp³-hybridized carbons (Fsp3) is 0.533. The van der Waals surface area contributed by atoms with Gasteiger partial charge in [-0.25, -0.2) is 4.39 Å². The molecule has 0 N–H and O–H groups in total. The van der Waals surface area contributed by atoms with E-state index >= 15 is 0 Å². The van der Waals surface area contributed by atoms with E-state index in [1.54, 1.807) is 12.0 Å². The quantitative estimate of drug-likeness (QED) is 0.806. The van der Waals surface area contributed by atoms with Crippen LogP contribution in [-0.2, 0) is 4.74 Å². The second-order valence-electron chi connectivity index (χ2n) is 5.19. The third-order valence-electron chi connectivity index (χ3n) is 3.75. The molecule has 1 unspecified atom stereocenters. The lowest BCUT2D eigenvalue weighted by atomic mass is 10.1. The molecule has 0 saturated heterocycles. The van der Waals surface area contributed by atoms with Crippen LogP contribution in [0.4, 0.5) is 4.39 Å². The van der Waals surface area contributed by atoms with Crippen molar-refractivity contribution in [2.24, 2.45) is 5.92 Å². The summed E-state index contributed by atoms with van der Waals surface area (Å²) in [7, 11) is 1.59. The normalized spacial score (nSPS) is 16.0. The Morgan fingerprint density at radius 2 is 2.25 bits per heavy atom. The summed E-state index contributed by atoms with van der Waals surface area (Å²) in [5, 5.41) is 0.362. The van der Waals surface area contributed by atoms with Crippen LogP contribution in [0.5, 0.6) is 0 Å². The van der Waals surface area contributed by atoms with Gasteiger partial charge in [0.1, 0.15) is 5.82 Å². The van der Waals surface area contributed by atoms with Crippen molar-refractivity contribution in [3.05, 3.63) is 34.6 Å². The molecule has 0 spiro atoms. The first kappa shape index (κ1) is 15.3. The molecule has 0 aromatic heterocycles. The van der Waals surface area contributed by atoms with Crippen LogP contribution in [0.15, 0.2) is 18.2 Å². The zero-order valence-corrected chi connectivity index (χ0v) is 12.5. The first-order valence-corrected chi connectivity index (χ1v) is 7.17. The van der Waals surface area contributed by atoms with Crippen molar-refractivity contribution in [3.63, 3.8) is 0 Å². The SMILES string of the molecule is COCCN(C(=O)c1cc(Cl)ccc1F)C(C)C1CC1. The van der Waals surface area contributed by atoms with Gasteiger partial charge in [-0.05, 0) is 43.9 Å². The number of benzene rings is 1. The summed E-state index contributed by atoms with van der Waals surface area (Å²) in [6.45, 7) is 2.90. The van der Waals surface area contributed by atoms with Gasteiger partial charge >= 0.3 is 0 Å². The number of methoxy groups -OCH3 is 1. The monoisotopic (exact) mass is 299 g/mol. The standard InChI is InChI=1S/C15H19ClFNO2/c1-10(11-3-4-11)18(7-8-20-2)15(19)13-9-12(16)5-6-14(13)17/h5-6,9-11H,3-4,7-8H2,1-2H3. The Balaban J connectivity index is 2.22. The van der Waals surface area contributed by atoms with Crippen LogP contribution in [0.3, 0.4) is 0 Å². The maximum Gasteiger partial charge on any atom is 0.257 e. The van der Waals surface area contributed by atoms with Crippen LogP contribution < -0.4 is 0 Å². The number of rotatable bonds is 6. The van der Waals surface area contributed by atoms with Crippen LogP contribution >= 0.6 is 11.6 Å². The summed E-state index contributed by atoms with van der Waals surface area (Å²) in [5.74, 6) is -0.343. The third kappa shape index (κ3) is 3.49. The minimum Gasteiger partial charge on any atom is -0.383 e. The maximum atomic E-state index is 13.8. The van der Waals surface area contributed by atoms with E-state index in [0.29, 0.717) is 24.1 Å². The minimum atomic E-state index is -0.537. The Morgan fingerprint density at radius 1 is 1.55 bits per heavy atom. The molecule has 0 heterocycles. The highest BCUT2D eigenvalue weighted by atomic mass is 35.5. The number of nitrogens with zero attached hydrogens (tertiary/aromatic N) is 1. The molecule has 1 atom stereocenters. The summed E-state index contributed by atoms with van der Waals surface area (Å²) >= 11 is 5.86. The van der Waals surface area contributed by atoms with Crippen LogP contribution in [0.25, 0.3) is 0 Å². The number of amides is 1. The second-order valence-corrected chi connectivity index (χ2v) is 5.63. The van der Waals surface area contributed by atoms with Crippen LogP contribution in [0.2, 0.25) is 5.02 Å². The molecule has 1 aliphatic carbocycles. The Hall–Kier alpha value is -1.13. The highest BCUT2D eigenvalue weighted by Crippen LogP contribution is 2.35. The predicted molar refractivity (Wildman–Crippen MR) is 76.5 cm³/mol. The summed E-state index contributed by atoms with van der Waals surface area (Å²) in [4.78, 5) is 14.3. The van der Waals surface area contributed by atoms with E-state index in [-0.39, 0.29) is 17.5 Å². The van der Waals surface area contributed by atoms with E-state index in [0.717, 1.165) is 12.8 Å². The fourth-order valence-electron chi connectivity index (χ4n) is 2.33. The summed E-state index contributed by atoms with van der Waals surface area (Å²) in [6.07, 6.45) is 2.24. The second kappa shape index (κ2) is 6.55. The van der Waals surface area contributed by atoms with E-state index < -0.39 is 5.82 Å². The highest BCUT2D eigenvalue weighted by Gasteiger charge is 2.35. The Morgan fingerprint density at radius 3 is 2.85 bits per heavy atom. The van der Waals surface area contributed by atoms with Gasteiger partial charge < -0.3 is 9.64 Å². The molecule has 1 aromatic rings. The molecule has 1 aromatic carbocycles. The summed E-state index contributed by atoms with van der Waals surface area (Å²) in [5.41, 5.74) is 0.0288. The summed E-state index contributed by atoms with van der Waals surface area (Å²) < 4.78 is 18.9. The molecular formula is C15H19ClFNO2. The van der Waals surface area contributed by atoms with E-state index in [1.807, 2.05) is 6.92 Å². The fourth-order valence-corrected chi connectivity index (χ4v) is 2.50. The van der Waals surface area contributed by atoms with Gasteiger partial charge in [0.05, 0.1) is 12.2 Å². The minimum absolute atomic E-state index is 0.0288. The lowest BCUT2D eigenvalue weighted by molar-refractivity contribution is 0.0590. The zero-order valence-electron chi connectivity index (χ0n) is 11.7. The van der Waals surface area contributed by atoms with Gasteiger partial charge in [-0.1, -0.05) is 11.6 Å². The molecule has 0 radical (unpaired) electrons. The van der Waals surface area contributed by atoms with Crippen molar-refractivity contribution in [2.45, 2.75) is 25.8 Å². The molecular weight excluding hydrogens is 281 g/mol. The molecule has 110 valence electrons. The van der Waals surface area contributed by atoms with Gasteiger partial charge in [-0.3, -0.25) is 4.79 Å². The van der Waals surface area contributed by atoms with Crippen molar-refractivity contribution >= 4 is 17.5 Å². The molecule has 1 aliphatic rings. The Bertz CT molecular complexity index is 491. The third-order valence-corrected chi connectivity index (χ3v) is 3.99. The van der Waals surface area contributed by atoms with Gasteiger partial charge in [-0.2, -0.15) is 0 Å². The van der Waals surface area contributed by atoms with Crippen LogP contribution in [0.1, 0.15) is 30.1 Å². The highest BCUT2D eigenvalue weighted by molar-refractivity contribution is 6.31. The van der Waals surface area contributed by atoms with Crippen molar-refractivity contribution < 1.29 is 13.9 Å². The van der Waals surface area contributed by atoms with Crippen molar-refractivity contribution in [1.29, 1.82) is 0 Å². The first-order valence-electron chi connectivity index (χ1n) is 6.79. The molecule has 0 bridgehead atoms. The number of halogens is 2. The van der Waals surface area contributed by atoms with Gasteiger partial charge in [0.25, 0.3) is 5.91 Å². The number of ether oxygens (including phenoxy) is 1. The average molecular weight is 300 g/mol. The molecule has 0 aliphatic heterocycles.